The topological polar surface area (TPSA) is 95.1 Å². The van der Waals surface area contributed by atoms with Crippen molar-refractivity contribution in [1.82, 2.24) is 0 Å². The first kappa shape index (κ1) is 18.4. The Kier molecular flexibility index (Phi) is 4.46. The van der Waals surface area contributed by atoms with Gasteiger partial charge < -0.3 is 29.6 Å². The van der Waals surface area contributed by atoms with Crippen molar-refractivity contribution < 1.29 is 28.5 Å². The normalized spacial score (nSPS) is 20.9. The van der Waals surface area contributed by atoms with Gasteiger partial charge in [0.25, 0.3) is 0 Å². The summed E-state index contributed by atoms with van der Waals surface area (Å²) in [6, 6.07) is 10.4. The second-order valence-electron chi connectivity index (χ2n) is 7.23. The first-order valence-electron chi connectivity index (χ1n) is 9.70. The van der Waals surface area contributed by atoms with E-state index in [1.807, 2.05) is 0 Å². The fourth-order valence-electron chi connectivity index (χ4n) is 3.64. The van der Waals surface area contributed by atoms with Gasteiger partial charge in [-0.05, 0) is 24.3 Å². The Bertz CT molecular complexity index is 968. The zero-order valence-electron chi connectivity index (χ0n) is 16.1. The monoisotopic (exact) mass is 408 g/mol. The van der Waals surface area contributed by atoms with Crippen LogP contribution in [0.5, 0.6) is 23.0 Å². The molecule has 3 aliphatic rings. The molecule has 2 aromatic carbocycles. The van der Waals surface area contributed by atoms with Crippen molar-refractivity contribution in [2.75, 3.05) is 37.1 Å². The van der Waals surface area contributed by atoms with Gasteiger partial charge in [0.05, 0.1) is 11.8 Å². The molecule has 5 rings (SSSR count). The lowest BCUT2D eigenvalue weighted by atomic mass is 10.2. The van der Waals surface area contributed by atoms with E-state index in [1.165, 1.54) is 0 Å². The molecule has 30 heavy (non-hydrogen) atoms. The highest BCUT2D eigenvalue weighted by Gasteiger charge is 2.52. The van der Waals surface area contributed by atoms with Crippen LogP contribution in [0.3, 0.4) is 0 Å². The molecule has 2 aromatic rings. The highest BCUT2D eigenvalue weighted by atomic mass is 16.6. The molecule has 0 saturated heterocycles. The van der Waals surface area contributed by atoms with Crippen molar-refractivity contribution >= 4 is 23.2 Å². The smallest absolute Gasteiger partial charge is 0.232 e. The standard InChI is InChI=1S/C22H20N2O6/c1-12-19(21(25)23-13-2-4-15-17(10-13)29-8-6-27-15)20(12)22(26)24-14-3-5-16-18(11-14)30-9-7-28-16/h2-5,10-11,19-20H,1,6-9H2,(H,23,25)(H,24,26)/t19-,20-/m0/s1. The van der Waals surface area contributed by atoms with Crippen LogP contribution in [0.15, 0.2) is 48.6 Å². The summed E-state index contributed by atoms with van der Waals surface area (Å²) in [5.74, 6) is 0.755. The summed E-state index contributed by atoms with van der Waals surface area (Å²) in [5, 5.41) is 5.64. The van der Waals surface area contributed by atoms with Crippen molar-refractivity contribution in [2.24, 2.45) is 11.8 Å². The van der Waals surface area contributed by atoms with Crippen molar-refractivity contribution in [3.05, 3.63) is 48.6 Å². The third kappa shape index (κ3) is 3.41. The van der Waals surface area contributed by atoms with E-state index in [0.717, 1.165) is 0 Å². The molecule has 0 aromatic heterocycles. The van der Waals surface area contributed by atoms with Crippen molar-refractivity contribution in [3.63, 3.8) is 0 Å². The molecule has 1 saturated carbocycles. The first-order valence-corrected chi connectivity index (χ1v) is 9.70. The minimum Gasteiger partial charge on any atom is -0.486 e. The predicted octanol–water partition coefficient (Wildman–Crippen LogP) is 2.61. The van der Waals surface area contributed by atoms with E-state index in [2.05, 4.69) is 17.2 Å². The minimum absolute atomic E-state index is 0.279. The molecule has 0 spiro atoms. The number of rotatable bonds is 4. The van der Waals surface area contributed by atoms with E-state index in [1.54, 1.807) is 36.4 Å². The Morgan fingerprint density at radius 3 is 1.53 bits per heavy atom. The molecule has 0 radical (unpaired) electrons. The number of carbonyl (C=O) groups is 2. The van der Waals surface area contributed by atoms with Gasteiger partial charge in [0.1, 0.15) is 26.4 Å². The summed E-state index contributed by atoms with van der Waals surface area (Å²) >= 11 is 0. The van der Waals surface area contributed by atoms with Crippen LogP contribution < -0.4 is 29.6 Å². The number of carbonyl (C=O) groups excluding carboxylic acids is 2. The highest BCUT2D eigenvalue weighted by Crippen LogP contribution is 2.46. The molecular weight excluding hydrogens is 388 g/mol. The fraction of sp³-hybridized carbons (Fsp3) is 0.273. The number of nitrogens with one attached hydrogen (secondary N) is 2. The molecule has 154 valence electrons. The van der Waals surface area contributed by atoms with E-state index in [-0.39, 0.29) is 11.8 Å². The van der Waals surface area contributed by atoms with Gasteiger partial charge in [0, 0.05) is 23.5 Å². The lowest BCUT2D eigenvalue weighted by Gasteiger charge is -2.19. The van der Waals surface area contributed by atoms with Crippen LogP contribution >= 0.6 is 0 Å². The van der Waals surface area contributed by atoms with Gasteiger partial charge in [-0.1, -0.05) is 12.2 Å². The van der Waals surface area contributed by atoms with Crippen LogP contribution in [0.25, 0.3) is 0 Å². The van der Waals surface area contributed by atoms with E-state index in [4.69, 9.17) is 18.9 Å². The summed E-state index contributed by atoms with van der Waals surface area (Å²) in [5.41, 5.74) is 1.74. The summed E-state index contributed by atoms with van der Waals surface area (Å²) in [4.78, 5) is 25.3. The summed E-state index contributed by atoms with van der Waals surface area (Å²) in [7, 11) is 0. The second-order valence-corrected chi connectivity index (χ2v) is 7.23. The van der Waals surface area contributed by atoms with Gasteiger partial charge in [0.2, 0.25) is 11.8 Å². The number of anilines is 2. The van der Waals surface area contributed by atoms with Gasteiger partial charge in [-0.3, -0.25) is 9.59 Å². The van der Waals surface area contributed by atoms with Gasteiger partial charge in [0.15, 0.2) is 23.0 Å². The molecule has 2 amide bonds. The van der Waals surface area contributed by atoms with E-state index in [0.29, 0.717) is 66.4 Å². The number of fused-ring (bicyclic) bond motifs is 2. The largest absolute Gasteiger partial charge is 0.486 e. The van der Waals surface area contributed by atoms with Crippen LogP contribution in [0.4, 0.5) is 11.4 Å². The van der Waals surface area contributed by atoms with E-state index >= 15 is 0 Å². The molecule has 2 N–H and O–H groups in total. The Hall–Kier alpha value is -3.68. The molecule has 1 aliphatic carbocycles. The average Bonchev–Trinajstić information content (AvgIpc) is 3.45. The fourth-order valence-corrected chi connectivity index (χ4v) is 3.64. The number of benzene rings is 2. The average molecular weight is 408 g/mol. The van der Waals surface area contributed by atoms with E-state index in [9.17, 15) is 9.59 Å². The van der Waals surface area contributed by atoms with Gasteiger partial charge in [-0.2, -0.15) is 0 Å². The van der Waals surface area contributed by atoms with Crippen molar-refractivity contribution in [1.29, 1.82) is 0 Å². The lowest BCUT2D eigenvalue weighted by molar-refractivity contribution is -0.122. The summed E-state index contributed by atoms with van der Waals surface area (Å²) in [6.45, 7) is 5.81. The minimum atomic E-state index is -0.574. The predicted molar refractivity (Wildman–Crippen MR) is 108 cm³/mol. The van der Waals surface area contributed by atoms with Gasteiger partial charge >= 0.3 is 0 Å². The van der Waals surface area contributed by atoms with Crippen LogP contribution in [-0.2, 0) is 9.59 Å². The zero-order valence-corrected chi connectivity index (χ0v) is 16.1. The first-order chi connectivity index (χ1) is 14.6. The molecular formula is C22H20N2O6. The van der Waals surface area contributed by atoms with Crippen LogP contribution in [0, 0.1) is 11.8 Å². The Labute approximate surface area is 172 Å². The maximum atomic E-state index is 12.7. The summed E-state index contributed by atoms with van der Waals surface area (Å²) in [6.07, 6.45) is 0. The third-order valence-electron chi connectivity index (χ3n) is 5.21. The number of hydrogen-bond donors (Lipinski definition) is 2. The quantitative estimate of drug-likeness (QED) is 0.756. The Balaban J connectivity index is 1.22. The Morgan fingerprint density at radius 2 is 1.10 bits per heavy atom. The molecule has 2 atom stereocenters. The third-order valence-corrected chi connectivity index (χ3v) is 5.21. The number of ether oxygens (including phenoxy) is 4. The Morgan fingerprint density at radius 1 is 0.700 bits per heavy atom. The molecule has 0 bridgehead atoms. The maximum absolute atomic E-state index is 12.7. The van der Waals surface area contributed by atoms with Crippen LogP contribution in [0.2, 0.25) is 0 Å². The van der Waals surface area contributed by atoms with Crippen molar-refractivity contribution in [3.8, 4) is 23.0 Å². The molecule has 0 unspecified atom stereocenters. The molecule has 2 aliphatic heterocycles. The number of hydrogen-bond acceptors (Lipinski definition) is 6. The van der Waals surface area contributed by atoms with Gasteiger partial charge in [-0.25, -0.2) is 0 Å². The molecule has 8 nitrogen and oxygen atoms in total. The SMILES string of the molecule is C=C1[C@H](C(=O)Nc2ccc3c(c2)OCCO3)[C@H]1C(=O)Nc1ccc2c(c1)OCCO2. The molecule has 8 heteroatoms. The van der Waals surface area contributed by atoms with Crippen LogP contribution in [-0.4, -0.2) is 38.2 Å². The zero-order chi connectivity index (χ0) is 20.7. The second kappa shape index (κ2) is 7.29. The highest BCUT2D eigenvalue weighted by molar-refractivity contribution is 6.08. The molecule has 2 heterocycles. The number of amides is 2. The molecule has 1 fully saturated rings. The van der Waals surface area contributed by atoms with Gasteiger partial charge in [-0.15, -0.1) is 0 Å². The lowest BCUT2D eigenvalue weighted by Crippen LogP contribution is -2.21. The van der Waals surface area contributed by atoms with Crippen LogP contribution in [0.1, 0.15) is 0 Å². The van der Waals surface area contributed by atoms with E-state index < -0.39 is 11.8 Å². The summed E-state index contributed by atoms with van der Waals surface area (Å²) < 4.78 is 22.0. The maximum Gasteiger partial charge on any atom is 0.232 e. The van der Waals surface area contributed by atoms with Crippen molar-refractivity contribution in [2.45, 2.75) is 0 Å².